The molecule has 0 radical (unpaired) electrons. The molecule has 3 aromatic rings. The second kappa shape index (κ2) is 7.20. The van der Waals surface area contributed by atoms with E-state index in [9.17, 15) is 18.0 Å². The van der Waals surface area contributed by atoms with Crippen LogP contribution >= 0.6 is 15.9 Å². The minimum atomic E-state index is -4.65. The zero-order valence-electron chi connectivity index (χ0n) is 14.7. The minimum absolute atomic E-state index is 0.0333. The van der Waals surface area contributed by atoms with E-state index < -0.39 is 11.9 Å². The fraction of sp³-hybridized carbons (Fsp3) is 0.316. The Kier molecular flexibility index (Phi) is 4.86. The summed E-state index contributed by atoms with van der Waals surface area (Å²) >= 11 is 3.27. The molecule has 0 bridgehead atoms. The molecule has 5 nitrogen and oxygen atoms in total. The molecule has 1 aliphatic heterocycles. The van der Waals surface area contributed by atoms with Crippen LogP contribution in [0.4, 0.5) is 13.2 Å². The van der Waals surface area contributed by atoms with Gasteiger partial charge in [-0.1, -0.05) is 30.3 Å². The SMILES string of the molecule is O=C(c1nn2c(C(F)(F)F)cc(-c3ccccc3)nc2c1Br)N1CCCCC1. The first kappa shape index (κ1) is 18.9. The fourth-order valence-electron chi connectivity index (χ4n) is 3.33. The van der Waals surface area contributed by atoms with E-state index in [0.717, 1.165) is 25.3 Å². The maximum Gasteiger partial charge on any atom is 0.433 e. The third kappa shape index (κ3) is 3.39. The Morgan fingerprint density at radius 3 is 2.39 bits per heavy atom. The van der Waals surface area contributed by atoms with Gasteiger partial charge in [-0.3, -0.25) is 4.79 Å². The summed E-state index contributed by atoms with van der Waals surface area (Å²) < 4.78 is 42.0. The number of carbonyl (C=O) groups excluding carboxylic acids is 1. The Bertz CT molecular complexity index is 1030. The van der Waals surface area contributed by atoms with Crippen molar-refractivity contribution in [3.63, 3.8) is 0 Å². The molecule has 1 amide bonds. The number of hydrogen-bond donors (Lipinski definition) is 0. The molecule has 4 rings (SSSR count). The van der Waals surface area contributed by atoms with Crippen molar-refractivity contribution in [2.24, 2.45) is 0 Å². The average Bonchev–Trinajstić information content (AvgIpc) is 3.04. The average molecular weight is 453 g/mol. The molecular formula is C19H16BrF3N4O. The van der Waals surface area contributed by atoms with Crippen molar-refractivity contribution in [3.8, 4) is 11.3 Å². The topological polar surface area (TPSA) is 50.5 Å². The van der Waals surface area contributed by atoms with Crippen molar-refractivity contribution >= 4 is 27.5 Å². The molecule has 1 aromatic carbocycles. The number of likely N-dealkylation sites (tertiary alicyclic amines) is 1. The lowest BCUT2D eigenvalue weighted by molar-refractivity contribution is -0.142. The number of carbonyl (C=O) groups is 1. The third-order valence-electron chi connectivity index (χ3n) is 4.74. The normalized spacial score (nSPS) is 15.2. The molecule has 0 aliphatic carbocycles. The Balaban J connectivity index is 1.89. The molecule has 0 unspecified atom stereocenters. The second-order valence-electron chi connectivity index (χ2n) is 6.64. The summed E-state index contributed by atoms with van der Waals surface area (Å²) in [6.45, 7) is 1.15. The monoisotopic (exact) mass is 452 g/mol. The van der Waals surface area contributed by atoms with Crippen molar-refractivity contribution in [2.75, 3.05) is 13.1 Å². The number of hydrogen-bond acceptors (Lipinski definition) is 3. The first-order chi connectivity index (χ1) is 13.4. The molecule has 3 heterocycles. The highest BCUT2D eigenvalue weighted by Crippen LogP contribution is 2.35. The molecular weight excluding hydrogens is 437 g/mol. The number of piperidine rings is 1. The van der Waals surface area contributed by atoms with Gasteiger partial charge in [0.15, 0.2) is 17.0 Å². The number of amides is 1. The highest BCUT2D eigenvalue weighted by Gasteiger charge is 2.37. The van der Waals surface area contributed by atoms with Crippen molar-refractivity contribution < 1.29 is 18.0 Å². The van der Waals surface area contributed by atoms with E-state index in [-0.39, 0.29) is 27.4 Å². The van der Waals surface area contributed by atoms with Crippen LogP contribution in [-0.4, -0.2) is 38.5 Å². The van der Waals surface area contributed by atoms with Crippen LogP contribution in [0.15, 0.2) is 40.9 Å². The van der Waals surface area contributed by atoms with Gasteiger partial charge < -0.3 is 4.90 Å². The van der Waals surface area contributed by atoms with E-state index in [0.29, 0.717) is 23.2 Å². The molecule has 0 atom stereocenters. The Morgan fingerprint density at radius 2 is 1.75 bits per heavy atom. The van der Waals surface area contributed by atoms with Gasteiger partial charge in [-0.2, -0.15) is 18.3 Å². The lowest BCUT2D eigenvalue weighted by atomic mass is 10.1. The lowest BCUT2D eigenvalue weighted by Crippen LogP contribution is -2.36. The van der Waals surface area contributed by atoms with Crippen molar-refractivity contribution in [1.29, 1.82) is 0 Å². The molecule has 1 fully saturated rings. The maximum atomic E-state index is 13.7. The highest BCUT2D eigenvalue weighted by molar-refractivity contribution is 9.10. The van der Waals surface area contributed by atoms with Crippen LogP contribution in [0.5, 0.6) is 0 Å². The van der Waals surface area contributed by atoms with Crippen LogP contribution in [0.25, 0.3) is 16.9 Å². The van der Waals surface area contributed by atoms with Crippen LogP contribution in [0, 0.1) is 0 Å². The predicted molar refractivity (Wildman–Crippen MR) is 101 cm³/mol. The van der Waals surface area contributed by atoms with Gasteiger partial charge in [0.1, 0.15) is 0 Å². The number of halogens is 4. The van der Waals surface area contributed by atoms with Crippen molar-refractivity contribution in [2.45, 2.75) is 25.4 Å². The summed E-state index contributed by atoms with van der Waals surface area (Å²) in [7, 11) is 0. The van der Waals surface area contributed by atoms with Gasteiger partial charge in [0.25, 0.3) is 5.91 Å². The molecule has 1 aliphatic rings. The van der Waals surface area contributed by atoms with Gasteiger partial charge >= 0.3 is 6.18 Å². The van der Waals surface area contributed by atoms with Gasteiger partial charge in [-0.15, -0.1) is 0 Å². The molecule has 28 heavy (non-hydrogen) atoms. The molecule has 0 spiro atoms. The van der Waals surface area contributed by atoms with E-state index >= 15 is 0 Å². The molecule has 1 saturated heterocycles. The zero-order valence-corrected chi connectivity index (χ0v) is 16.3. The van der Waals surface area contributed by atoms with Gasteiger partial charge in [0.05, 0.1) is 10.2 Å². The maximum absolute atomic E-state index is 13.7. The Morgan fingerprint density at radius 1 is 1.07 bits per heavy atom. The number of aromatic nitrogens is 3. The number of alkyl halides is 3. The molecule has 0 saturated carbocycles. The third-order valence-corrected chi connectivity index (χ3v) is 5.47. The van der Waals surface area contributed by atoms with Crippen molar-refractivity contribution in [3.05, 3.63) is 52.3 Å². The number of benzene rings is 1. The molecule has 9 heteroatoms. The quantitative estimate of drug-likeness (QED) is 0.560. The van der Waals surface area contributed by atoms with Gasteiger partial charge in [0.2, 0.25) is 0 Å². The van der Waals surface area contributed by atoms with Crippen LogP contribution in [0.2, 0.25) is 0 Å². The van der Waals surface area contributed by atoms with Crippen LogP contribution in [0.1, 0.15) is 35.4 Å². The van der Waals surface area contributed by atoms with E-state index in [2.05, 4.69) is 26.0 Å². The molecule has 146 valence electrons. The second-order valence-corrected chi connectivity index (χ2v) is 7.43. The standard InChI is InChI=1S/C19H16BrF3N4O/c20-15-16(18(28)26-9-5-2-6-10-26)25-27-14(19(21,22)23)11-13(24-17(15)27)12-7-3-1-4-8-12/h1,3-4,7-8,11H,2,5-6,9-10H2. The predicted octanol–water partition coefficient (Wildman–Crippen LogP) is 4.80. The van der Waals surface area contributed by atoms with Crippen LogP contribution < -0.4 is 0 Å². The summed E-state index contributed by atoms with van der Waals surface area (Å²) in [5.74, 6) is -0.383. The van der Waals surface area contributed by atoms with Gasteiger partial charge in [-0.05, 0) is 41.3 Å². The Hall–Kier alpha value is -2.42. The van der Waals surface area contributed by atoms with Gasteiger partial charge in [0, 0.05) is 18.7 Å². The number of nitrogens with zero attached hydrogens (tertiary/aromatic N) is 4. The van der Waals surface area contributed by atoms with Crippen molar-refractivity contribution in [1.82, 2.24) is 19.5 Å². The Labute approximate surface area is 167 Å². The summed E-state index contributed by atoms with van der Waals surface area (Å²) in [6, 6.07) is 9.55. The molecule has 0 N–H and O–H groups in total. The summed E-state index contributed by atoms with van der Waals surface area (Å²) in [5.41, 5.74) is -0.348. The smallest absolute Gasteiger partial charge is 0.337 e. The molecule has 2 aromatic heterocycles. The highest BCUT2D eigenvalue weighted by atomic mass is 79.9. The van der Waals surface area contributed by atoms with E-state index in [1.807, 2.05) is 0 Å². The first-order valence-corrected chi connectivity index (χ1v) is 9.67. The van der Waals surface area contributed by atoms with Gasteiger partial charge in [-0.25, -0.2) is 9.50 Å². The number of fused-ring (bicyclic) bond motifs is 1. The van der Waals surface area contributed by atoms with Crippen LogP contribution in [-0.2, 0) is 6.18 Å². The van der Waals surface area contributed by atoms with E-state index in [1.54, 1.807) is 35.2 Å². The van der Waals surface area contributed by atoms with E-state index in [1.165, 1.54) is 0 Å². The zero-order chi connectivity index (χ0) is 19.9. The summed E-state index contributed by atoms with van der Waals surface area (Å²) in [5, 5.41) is 3.98. The minimum Gasteiger partial charge on any atom is -0.337 e. The fourth-order valence-corrected chi connectivity index (χ4v) is 3.84. The van der Waals surface area contributed by atoms with Crippen LogP contribution in [0.3, 0.4) is 0 Å². The lowest BCUT2D eigenvalue weighted by Gasteiger charge is -2.25. The number of rotatable bonds is 2. The first-order valence-electron chi connectivity index (χ1n) is 8.87. The summed E-state index contributed by atoms with van der Waals surface area (Å²) in [4.78, 5) is 18.8. The van der Waals surface area contributed by atoms with E-state index in [4.69, 9.17) is 0 Å². The summed E-state index contributed by atoms with van der Waals surface area (Å²) in [6.07, 6.45) is -1.86. The largest absolute Gasteiger partial charge is 0.433 e.